The Morgan fingerprint density at radius 3 is 1.02 bits per heavy atom. The van der Waals surface area contributed by atoms with Gasteiger partial charge in [-0.15, -0.1) is 0 Å². The van der Waals surface area contributed by atoms with E-state index in [1.54, 1.807) is 11.1 Å². The summed E-state index contributed by atoms with van der Waals surface area (Å²) in [6.45, 7) is 9.21. The zero-order chi connectivity index (χ0) is 31.9. The Morgan fingerprint density at radius 2 is 0.659 bits per heavy atom. The molecule has 2 heteroatoms. The molecular weight excluding hydrogens is 536 g/mol. The Hall–Kier alpha value is -1.02. The van der Waals surface area contributed by atoms with Crippen LogP contribution in [-0.2, 0) is 25.7 Å². The number of hydrogen-bond donors (Lipinski definition) is 1. The van der Waals surface area contributed by atoms with Gasteiger partial charge in [-0.1, -0.05) is 182 Å². The molecule has 1 aromatic rings. The topological polar surface area (TPSA) is 29.5 Å². The first kappa shape index (κ1) is 41.0. The molecule has 0 atom stereocenters. The molecule has 2 nitrogen and oxygen atoms in total. The van der Waals surface area contributed by atoms with Gasteiger partial charge in [0.2, 0.25) is 0 Å². The lowest BCUT2D eigenvalue weighted by Crippen LogP contribution is -2.09. The Morgan fingerprint density at radius 1 is 0.364 bits per heavy atom. The molecule has 0 aliphatic rings. The Balaban J connectivity index is 3.08. The third kappa shape index (κ3) is 20.2. The molecule has 0 amide bonds. The van der Waals surface area contributed by atoms with E-state index < -0.39 is 0 Å². The van der Waals surface area contributed by atoms with Gasteiger partial charge < -0.3 is 4.89 Å². The van der Waals surface area contributed by atoms with Crippen molar-refractivity contribution in [2.75, 3.05) is 0 Å². The second-order valence-corrected chi connectivity index (χ2v) is 14.0. The van der Waals surface area contributed by atoms with Crippen LogP contribution in [-0.4, -0.2) is 5.26 Å². The van der Waals surface area contributed by atoms with Crippen LogP contribution in [0.2, 0.25) is 0 Å². The first-order valence-corrected chi connectivity index (χ1v) is 20.2. The molecule has 0 bridgehead atoms. The van der Waals surface area contributed by atoms with Gasteiger partial charge in [0, 0.05) is 5.56 Å². The van der Waals surface area contributed by atoms with Gasteiger partial charge in [-0.25, -0.2) is 5.26 Å². The summed E-state index contributed by atoms with van der Waals surface area (Å²) in [5, 5.41) is 10.2. The second-order valence-electron chi connectivity index (χ2n) is 14.0. The third-order valence-electron chi connectivity index (χ3n) is 9.96. The van der Waals surface area contributed by atoms with Crippen LogP contribution in [0.25, 0.3) is 0 Å². The summed E-state index contributed by atoms with van der Waals surface area (Å²) in [7, 11) is 0. The molecule has 1 rings (SSSR count). The first-order chi connectivity index (χ1) is 21.7. The smallest absolute Gasteiger partial charge is 0.168 e. The van der Waals surface area contributed by atoms with E-state index in [0.717, 1.165) is 25.0 Å². The lowest BCUT2D eigenvalue weighted by molar-refractivity contribution is -0.138. The van der Waals surface area contributed by atoms with E-state index in [1.165, 1.54) is 197 Å². The van der Waals surface area contributed by atoms with Gasteiger partial charge in [-0.2, -0.15) is 0 Å². The third-order valence-corrected chi connectivity index (χ3v) is 9.96. The van der Waals surface area contributed by atoms with Crippen LogP contribution in [0.15, 0.2) is 6.07 Å². The van der Waals surface area contributed by atoms with Crippen molar-refractivity contribution in [3.8, 4) is 5.75 Å². The monoisotopic (exact) mass is 615 g/mol. The molecular formula is C42H78O2. The van der Waals surface area contributed by atoms with E-state index in [2.05, 4.69) is 33.8 Å². The highest BCUT2D eigenvalue weighted by molar-refractivity contribution is 5.50. The van der Waals surface area contributed by atoms with Gasteiger partial charge in [0.25, 0.3) is 0 Å². The molecule has 0 unspecified atom stereocenters. The van der Waals surface area contributed by atoms with Crippen LogP contribution in [0.5, 0.6) is 5.75 Å². The fraction of sp³-hybridized carbons (Fsp3) is 0.857. The van der Waals surface area contributed by atoms with Gasteiger partial charge in [0.05, 0.1) is 0 Å². The highest BCUT2D eigenvalue weighted by Gasteiger charge is 2.19. The standard InChI is InChI=1S/C42H78O2/c1-5-9-13-17-21-25-29-33-38-37-42(44-43)41(36-32-28-24-20-16-12-8-4)40(35-31-27-23-19-15-11-7-3)39(38)34-30-26-22-18-14-10-6-2/h37,43H,5-36H2,1-4H3. The molecule has 0 radical (unpaired) electrons. The van der Waals surface area contributed by atoms with Crippen molar-refractivity contribution in [2.24, 2.45) is 0 Å². The van der Waals surface area contributed by atoms with Gasteiger partial charge in [-0.3, -0.25) is 0 Å². The maximum absolute atomic E-state index is 10.2. The summed E-state index contributed by atoms with van der Waals surface area (Å²) < 4.78 is 0. The number of unbranched alkanes of at least 4 members (excludes halogenated alkanes) is 24. The zero-order valence-electron chi connectivity index (χ0n) is 30.6. The molecule has 0 aliphatic carbocycles. The summed E-state index contributed by atoms with van der Waals surface area (Å²) in [5.41, 5.74) is 6.04. The average molecular weight is 615 g/mol. The fourth-order valence-electron chi connectivity index (χ4n) is 7.10. The Kier molecular flexibility index (Phi) is 28.5. The van der Waals surface area contributed by atoms with Crippen molar-refractivity contribution in [3.05, 3.63) is 28.3 Å². The van der Waals surface area contributed by atoms with Crippen molar-refractivity contribution in [2.45, 2.75) is 233 Å². The molecule has 258 valence electrons. The number of aryl methyl sites for hydroxylation is 1. The SMILES string of the molecule is CCCCCCCCCc1cc(OO)c(CCCCCCCCC)c(CCCCCCCCC)c1CCCCCCCCC. The van der Waals surface area contributed by atoms with Crippen LogP contribution in [0, 0.1) is 0 Å². The molecule has 0 saturated carbocycles. The minimum atomic E-state index is 0.773. The summed E-state index contributed by atoms with van der Waals surface area (Å²) in [4.78, 5) is 5.22. The van der Waals surface area contributed by atoms with Gasteiger partial charge >= 0.3 is 0 Å². The van der Waals surface area contributed by atoms with Gasteiger partial charge in [-0.05, 0) is 74.1 Å². The van der Waals surface area contributed by atoms with Crippen molar-refractivity contribution >= 4 is 0 Å². The van der Waals surface area contributed by atoms with E-state index >= 15 is 0 Å². The van der Waals surface area contributed by atoms with Gasteiger partial charge in [0.1, 0.15) is 0 Å². The molecule has 1 N–H and O–H groups in total. The van der Waals surface area contributed by atoms with Crippen LogP contribution in [0.3, 0.4) is 0 Å². The van der Waals surface area contributed by atoms with Crippen molar-refractivity contribution in [1.82, 2.24) is 0 Å². The highest BCUT2D eigenvalue weighted by Crippen LogP contribution is 2.34. The number of rotatable bonds is 33. The lowest BCUT2D eigenvalue weighted by Gasteiger charge is -2.22. The minimum Gasteiger partial charge on any atom is -0.340 e. The molecule has 0 heterocycles. The Bertz CT molecular complexity index is 755. The number of benzene rings is 1. The molecule has 0 aromatic heterocycles. The minimum absolute atomic E-state index is 0.773. The normalized spacial score (nSPS) is 11.5. The molecule has 0 spiro atoms. The quantitative estimate of drug-likeness (QED) is 0.0485. The molecule has 1 aromatic carbocycles. The summed E-state index contributed by atoms with van der Waals surface area (Å²) >= 11 is 0. The molecule has 0 fully saturated rings. The Labute approximate surface area is 276 Å². The molecule has 0 aliphatic heterocycles. The van der Waals surface area contributed by atoms with E-state index in [1.807, 2.05) is 0 Å². The van der Waals surface area contributed by atoms with Crippen LogP contribution in [0.4, 0.5) is 0 Å². The maximum atomic E-state index is 10.2. The summed E-state index contributed by atoms with van der Waals surface area (Å²) in [6.07, 6.45) is 42.2. The van der Waals surface area contributed by atoms with Crippen LogP contribution in [0.1, 0.15) is 230 Å². The largest absolute Gasteiger partial charge is 0.340 e. The number of hydrogen-bond acceptors (Lipinski definition) is 2. The predicted octanol–water partition coefficient (Wildman–Crippen LogP) is 14.7. The van der Waals surface area contributed by atoms with E-state index in [0.29, 0.717) is 0 Å². The van der Waals surface area contributed by atoms with Gasteiger partial charge in [0.15, 0.2) is 5.75 Å². The summed E-state index contributed by atoms with van der Waals surface area (Å²) in [6, 6.07) is 2.26. The molecule has 44 heavy (non-hydrogen) atoms. The van der Waals surface area contributed by atoms with Crippen LogP contribution >= 0.6 is 0 Å². The van der Waals surface area contributed by atoms with E-state index in [9.17, 15) is 5.26 Å². The second kappa shape index (κ2) is 30.6. The zero-order valence-corrected chi connectivity index (χ0v) is 30.6. The highest BCUT2D eigenvalue weighted by atomic mass is 17.1. The average Bonchev–Trinajstić information content (AvgIpc) is 3.04. The van der Waals surface area contributed by atoms with Crippen LogP contribution < -0.4 is 4.89 Å². The lowest BCUT2D eigenvalue weighted by atomic mass is 9.85. The predicted molar refractivity (Wildman–Crippen MR) is 196 cm³/mol. The fourth-order valence-corrected chi connectivity index (χ4v) is 7.10. The van der Waals surface area contributed by atoms with Crippen molar-refractivity contribution in [1.29, 1.82) is 0 Å². The summed E-state index contributed by atoms with van der Waals surface area (Å²) in [5.74, 6) is 0.773. The van der Waals surface area contributed by atoms with E-state index in [-0.39, 0.29) is 0 Å². The maximum Gasteiger partial charge on any atom is 0.168 e. The van der Waals surface area contributed by atoms with E-state index in [4.69, 9.17) is 4.89 Å². The first-order valence-electron chi connectivity index (χ1n) is 20.2. The molecule has 0 saturated heterocycles. The van der Waals surface area contributed by atoms with Crippen molar-refractivity contribution < 1.29 is 10.1 Å². The van der Waals surface area contributed by atoms with Crippen molar-refractivity contribution in [3.63, 3.8) is 0 Å².